The third-order valence-corrected chi connectivity index (χ3v) is 3.50. The van der Waals surface area contributed by atoms with Crippen molar-refractivity contribution in [2.75, 3.05) is 6.54 Å². The molecule has 1 amide bonds. The number of carbonyl (C=O) groups is 2. The van der Waals surface area contributed by atoms with Crippen molar-refractivity contribution in [3.8, 4) is 5.75 Å². The predicted molar refractivity (Wildman–Crippen MR) is 85.1 cm³/mol. The highest BCUT2D eigenvalue weighted by atomic mass is 16.4. The lowest BCUT2D eigenvalue weighted by atomic mass is 10.0. The van der Waals surface area contributed by atoms with Crippen LogP contribution in [0.15, 0.2) is 29.1 Å². The molecule has 0 aliphatic heterocycles. The summed E-state index contributed by atoms with van der Waals surface area (Å²) in [6, 6.07) is 4.15. The summed E-state index contributed by atoms with van der Waals surface area (Å²) in [5, 5.41) is 21.1. The molecule has 0 radical (unpaired) electrons. The van der Waals surface area contributed by atoms with Gasteiger partial charge in [-0.15, -0.1) is 0 Å². The van der Waals surface area contributed by atoms with Crippen LogP contribution in [0.3, 0.4) is 0 Å². The molecule has 1 rings (SSSR count). The van der Waals surface area contributed by atoms with E-state index in [0.717, 1.165) is 6.07 Å². The number of hydrogen-bond donors (Lipinski definition) is 4. The fourth-order valence-corrected chi connectivity index (χ4v) is 2.03. The van der Waals surface area contributed by atoms with Crippen molar-refractivity contribution in [1.82, 2.24) is 5.32 Å². The number of aromatic hydroxyl groups is 1. The van der Waals surface area contributed by atoms with Crippen molar-refractivity contribution < 1.29 is 19.8 Å². The molecule has 0 saturated heterocycles. The molecule has 1 aromatic carbocycles. The van der Waals surface area contributed by atoms with Crippen molar-refractivity contribution in [1.29, 1.82) is 0 Å². The van der Waals surface area contributed by atoms with Gasteiger partial charge in [0.15, 0.2) is 5.75 Å². The number of rotatable bonds is 8. The van der Waals surface area contributed by atoms with Crippen LogP contribution in [0.4, 0.5) is 0 Å². The van der Waals surface area contributed by atoms with Gasteiger partial charge in [-0.3, -0.25) is 9.59 Å². The lowest BCUT2D eigenvalue weighted by Gasteiger charge is -2.17. The summed E-state index contributed by atoms with van der Waals surface area (Å²) >= 11 is 0. The van der Waals surface area contributed by atoms with E-state index in [1.165, 1.54) is 18.2 Å². The molecule has 23 heavy (non-hydrogen) atoms. The second-order valence-corrected chi connectivity index (χ2v) is 5.43. The van der Waals surface area contributed by atoms with Gasteiger partial charge in [-0.05, 0) is 37.1 Å². The fourth-order valence-electron chi connectivity index (χ4n) is 2.03. The Balaban J connectivity index is 2.80. The van der Waals surface area contributed by atoms with Gasteiger partial charge in [0, 0.05) is 12.3 Å². The van der Waals surface area contributed by atoms with Gasteiger partial charge in [-0.2, -0.15) is 0 Å². The molecule has 0 spiro atoms. The van der Waals surface area contributed by atoms with Gasteiger partial charge in [0.25, 0.3) is 0 Å². The molecule has 1 aromatic rings. The summed E-state index contributed by atoms with van der Waals surface area (Å²) < 4.78 is 0. The second-order valence-electron chi connectivity index (χ2n) is 5.43. The van der Waals surface area contributed by atoms with E-state index in [4.69, 9.17) is 5.73 Å². The Morgan fingerprint density at radius 3 is 2.52 bits per heavy atom. The van der Waals surface area contributed by atoms with Crippen molar-refractivity contribution >= 4 is 11.9 Å². The average molecular weight is 322 g/mol. The number of aliphatic carboxylic acids is 1. The van der Waals surface area contributed by atoms with E-state index in [0.29, 0.717) is 24.9 Å². The smallest absolute Gasteiger partial charge is 0.326 e. The molecular weight excluding hydrogens is 300 g/mol. The first-order valence-electron chi connectivity index (χ1n) is 7.40. The number of amides is 1. The molecule has 0 fully saturated rings. The van der Waals surface area contributed by atoms with Gasteiger partial charge < -0.3 is 21.3 Å². The van der Waals surface area contributed by atoms with E-state index >= 15 is 0 Å². The Bertz CT molecular complexity index is 618. The van der Waals surface area contributed by atoms with E-state index < -0.39 is 23.2 Å². The van der Waals surface area contributed by atoms with Gasteiger partial charge in [-0.1, -0.05) is 19.1 Å². The van der Waals surface area contributed by atoms with Crippen LogP contribution in [0.5, 0.6) is 5.75 Å². The zero-order valence-corrected chi connectivity index (χ0v) is 13.0. The summed E-state index contributed by atoms with van der Waals surface area (Å²) in [5.74, 6) is -2.26. The highest BCUT2D eigenvalue weighted by Crippen LogP contribution is 2.08. The number of carboxylic acids is 1. The summed E-state index contributed by atoms with van der Waals surface area (Å²) in [5.41, 5.74) is 5.36. The summed E-state index contributed by atoms with van der Waals surface area (Å²) in [6.07, 6.45) is 1.28. The van der Waals surface area contributed by atoms with Crippen LogP contribution in [0, 0.1) is 5.92 Å². The number of hydrogen-bond acceptors (Lipinski definition) is 5. The number of nitrogens with one attached hydrogen (secondary N) is 1. The van der Waals surface area contributed by atoms with Gasteiger partial charge in [0.1, 0.15) is 6.04 Å². The average Bonchev–Trinajstić information content (AvgIpc) is 2.67. The molecule has 2 atom stereocenters. The summed E-state index contributed by atoms with van der Waals surface area (Å²) in [6.45, 7) is 2.19. The Hall–Kier alpha value is -2.41. The van der Waals surface area contributed by atoms with Crippen LogP contribution in [-0.4, -0.2) is 34.7 Å². The zero-order valence-electron chi connectivity index (χ0n) is 13.0. The molecule has 0 bridgehead atoms. The van der Waals surface area contributed by atoms with Crippen LogP contribution < -0.4 is 16.5 Å². The molecule has 5 N–H and O–H groups in total. The highest BCUT2D eigenvalue weighted by molar-refractivity contribution is 5.84. The second kappa shape index (κ2) is 8.89. The Kier molecular flexibility index (Phi) is 7.21. The zero-order chi connectivity index (χ0) is 17.4. The van der Waals surface area contributed by atoms with Crippen molar-refractivity contribution in [3.63, 3.8) is 0 Å². The highest BCUT2D eigenvalue weighted by Gasteiger charge is 2.23. The van der Waals surface area contributed by atoms with Gasteiger partial charge in [0.05, 0.1) is 0 Å². The van der Waals surface area contributed by atoms with E-state index in [9.17, 15) is 24.6 Å². The third-order valence-electron chi connectivity index (χ3n) is 3.50. The largest absolute Gasteiger partial charge is 0.504 e. The van der Waals surface area contributed by atoms with Crippen molar-refractivity contribution in [3.05, 3.63) is 40.1 Å². The molecule has 126 valence electrons. The molecule has 0 saturated carbocycles. The molecule has 2 unspecified atom stereocenters. The molecule has 0 aliphatic rings. The standard InChI is InChI=1S/C16H22N2O5/c1-10(3-2-8-17)15(21)18-12(16(22)23)9-11-4-6-13(19)14(20)7-5-11/h4-7,10,12H,2-3,8-9,17H2,1H3,(H,18,21)(H,19,20)(H,22,23). The number of nitrogens with two attached hydrogens (primary N) is 1. The Morgan fingerprint density at radius 2 is 1.91 bits per heavy atom. The first-order valence-corrected chi connectivity index (χ1v) is 7.40. The SMILES string of the molecule is CC(CCCN)C(=O)NC(Cc1ccc(O)c(=O)cc1)C(=O)O. The molecule has 7 heteroatoms. The van der Waals surface area contributed by atoms with E-state index in [1.54, 1.807) is 6.92 Å². The van der Waals surface area contributed by atoms with Crippen LogP contribution in [0.2, 0.25) is 0 Å². The number of carboxylic acid groups (broad SMARTS) is 1. The van der Waals surface area contributed by atoms with Gasteiger partial charge >= 0.3 is 5.97 Å². The first-order chi connectivity index (χ1) is 10.8. The summed E-state index contributed by atoms with van der Waals surface area (Å²) in [7, 11) is 0. The first kappa shape index (κ1) is 18.6. The molecule has 0 aromatic heterocycles. The minimum absolute atomic E-state index is 0.0121. The molecule has 0 aliphatic carbocycles. The van der Waals surface area contributed by atoms with Gasteiger partial charge in [0.2, 0.25) is 11.3 Å². The molecule has 7 nitrogen and oxygen atoms in total. The summed E-state index contributed by atoms with van der Waals surface area (Å²) in [4.78, 5) is 34.7. The normalized spacial score (nSPS) is 13.1. The topological polar surface area (TPSA) is 130 Å². The van der Waals surface area contributed by atoms with Crippen LogP contribution in [-0.2, 0) is 16.0 Å². The lowest BCUT2D eigenvalue weighted by Crippen LogP contribution is -2.44. The minimum atomic E-state index is -1.16. The maximum atomic E-state index is 12.0. The van der Waals surface area contributed by atoms with Gasteiger partial charge in [-0.25, -0.2) is 4.79 Å². The number of carbonyl (C=O) groups excluding carboxylic acids is 1. The third kappa shape index (κ3) is 6.07. The molecule has 0 heterocycles. The van der Waals surface area contributed by atoms with Crippen molar-refractivity contribution in [2.45, 2.75) is 32.2 Å². The van der Waals surface area contributed by atoms with Crippen LogP contribution in [0.25, 0.3) is 0 Å². The Morgan fingerprint density at radius 1 is 1.26 bits per heavy atom. The lowest BCUT2D eigenvalue weighted by molar-refractivity contribution is -0.142. The van der Waals surface area contributed by atoms with Crippen LogP contribution >= 0.6 is 0 Å². The predicted octanol–water partition coefficient (Wildman–Crippen LogP) is 0.239. The maximum absolute atomic E-state index is 12.0. The van der Waals surface area contributed by atoms with E-state index in [2.05, 4.69) is 5.32 Å². The monoisotopic (exact) mass is 322 g/mol. The quantitative estimate of drug-likeness (QED) is 0.542. The fraction of sp³-hybridized carbons (Fsp3) is 0.438. The van der Waals surface area contributed by atoms with E-state index in [1.807, 2.05) is 0 Å². The van der Waals surface area contributed by atoms with Crippen LogP contribution in [0.1, 0.15) is 25.3 Å². The van der Waals surface area contributed by atoms with Crippen molar-refractivity contribution in [2.24, 2.45) is 11.7 Å². The minimum Gasteiger partial charge on any atom is -0.504 e. The Labute approximate surface area is 134 Å². The maximum Gasteiger partial charge on any atom is 0.326 e. The van der Waals surface area contributed by atoms with E-state index in [-0.39, 0.29) is 18.2 Å². The molecular formula is C16H22N2O5.